The molecule has 248 valence electrons. The van der Waals surface area contributed by atoms with Crippen molar-refractivity contribution in [3.63, 3.8) is 0 Å². The van der Waals surface area contributed by atoms with E-state index in [2.05, 4.69) is 20.1 Å². The summed E-state index contributed by atoms with van der Waals surface area (Å²) in [4.78, 5) is 13.6. The van der Waals surface area contributed by atoms with Gasteiger partial charge in [-0.3, -0.25) is 4.90 Å². The van der Waals surface area contributed by atoms with Gasteiger partial charge in [-0.05, 0) is 91.2 Å². The number of nitrogens with zero attached hydrogens (tertiary/aromatic N) is 4. The average molecular weight is 648 g/mol. The van der Waals surface area contributed by atoms with Gasteiger partial charge in [0.2, 0.25) is 0 Å². The highest BCUT2D eigenvalue weighted by molar-refractivity contribution is 6.03. The molecule has 0 aliphatic carbocycles. The fraction of sp³-hybridized carbons (Fsp3) is 0.500. The van der Waals surface area contributed by atoms with Crippen LogP contribution in [-0.4, -0.2) is 90.8 Å². The summed E-state index contributed by atoms with van der Waals surface area (Å²) in [7, 11) is 1.61. The smallest absolute Gasteiger partial charge is 0.319 e. The first kappa shape index (κ1) is 30.7. The predicted molar refractivity (Wildman–Crippen MR) is 175 cm³/mol. The lowest BCUT2D eigenvalue weighted by molar-refractivity contribution is 0.107. The number of hydrogen-bond donors (Lipinski definition) is 2. The Morgan fingerprint density at radius 2 is 2.02 bits per heavy atom. The zero-order valence-electron chi connectivity index (χ0n) is 26.6. The summed E-state index contributed by atoms with van der Waals surface area (Å²) in [6.45, 7) is 4.14. The quantitative estimate of drug-likeness (QED) is 0.250. The predicted octanol–water partition coefficient (Wildman–Crippen LogP) is 5.77. The summed E-state index contributed by atoms with van der Waals surface area (Å²) in [6.07, 6.45) is 3.75. The molecule has 5 heterocycles. The number of alkyl halides is 1. The lowest BCUT2D eigenvalue weighted by Crippen LogP contribution is -2.43. The molecule has 47 heavy (non-hydrogen) atoms. The van der Waals surface area contributed by atoms with Crippen molar-refractivity contribution >= 4 is 27.5 Å². The van der Waals surface area contributed by atoms with Gasteiger partial charge in [-0.15, -0.1) is 0 Å². The summed E-state index contributed by atoms with van der Waals surface area (Å²) < 4.78 is 59.6. The molecule has 1 aromatic heterocycles. The molecule has 0 saturated carbocycles. The van der Waals surface area contributed by atoms with Crippen LogP contribution in [0.2, 0.25) is 0 Å². The van der Waals surface area contributed by atoms with E-state index in [1.807, 2.05) is 18.2 Å². The minimum atomic E-state index is -0.916. The third-order valence-corrected chi connectivity index (χ3v) is 10.8. The average Bonchev–Trinajstić information content (AvgIpc) is 3.69. The van der Waals surface area contributed by atoms with E-state index in [0.29, 0.717) is 61.6 Å². The van der Waals surface area contributed by atoms with Gasteiger partial charge in [-0.2, -0.15) is 9.97 Å². The fourth-order valence-electron chi connectivity index (χ4n) is 8.62. The number of phenols is 1. The maximum atomic E-state index is 17.0. The van der Waals surface area contributed by atoms with Crippen LogP contribution in [0, 0.1) is 17.6 Å². The zero-order valence-corrected chi connectivity index (χ0v) is 26.6. The van der Waals surface area contributed by atoms with Gasteiger partial charge in [-0.25, -0.2) is 13.2 Å². The molecule has 2 N–H and O–H groups in total. The Labute approximate surface area is 271 Å². The molecule has 2 bridgehead atoms. The maximum absolute atomic E-state index is 17.0. The highest BCUT2D eigenvalue weighted by Gasteiger charge is 2.49. The molecular weight excluding hydrogens is 607 g/mol. The van der Waals surface area contributed by atoms with E-state index in [0.717, 1.165) is 44.3 Å². The Balaban J connectivity index is 1.28. The van der Waals surface area contributed by atoms with Gasteiger partial charge < -0.3 is 24.8 Å². The summed E-state index contributed by atoms with van der Waals surface area (Å²) in [6, 6.07) is 10.1. The van der Waals surface area contributed by atoms with Crippen LogP contribution in [-0.2, 0) is 11.2 Å². The summed E-state index contributed by atoms with van der Waals surface area (Å²) >= 11 is 0. The SMILES string of the molecule is COCCc1cccc2cc(O)cc(-c3c(F)cc4c(N5CCC6CNC(C6)C5)nc(OCC56CCCN5C[C@H](F)C6)nc4c3F)c12. The third kappa shape index (κ3) is 5.46. The Morgan fingerprint density at radius 1 is 1.13 bits per heavy atom. The summed E-state index contributed by atoms with van der Waals surface area (Å²) in [5.41, 5.74) is 0.330. The Bertz CT molecular complexity index is 1840. The molecule has 8 nitrogen and oxygen atoms in total. The molecule has 8 rings (SSSR count). The largest absolute Gasteiger partial charge is 0.508 e. The minimum Gasteiger partial charge on any atom is -0.508 e. The van der Waals surface area contributed by atoms with Crippen molar-refractivity contribution in [3.05, 3.63) is 53.6 Å². The number of fused-ring (bicyclic) bond motifs is 5. The van der Waals surface area contributed by atoms with Gasteiger partial charge in [0.05, 0.1) is 17.7 Å². The number of anilines is 1. The maximum Gasteiger partial charge on any atom is 0.319 e. The third-order valence-electron chi connectivity index (χ3n) is 10.8. The summed E-state index contributed by atoms with van der Waals surface area (Å²) in [5, 5.41) is 15.8. The molecule has 3 aromatic carbocycles. The molecule has 0 radical (unpaired) electrons. The highest BCUT2D eigenvalue weighted by Crippen LogP contribution is 2.43. The van der Waals surface area contributed by atoms with Crippen LogP contribution in [0.5, 0.6) is 11.8 Å². The first-order chi connectivity index (χ1) is 22.8. The van der Waals surface area contributed by atoms with Crippen LogP contribution in [0.4, 0.5) is 19.0 Å². The van der Waals surface area contributed by atoms with Crippen molar-refractivity contribution < 1.29 is 27.8 Å². The standard InChI is InChI=1S/C36H40F3N5O3/c1-46-11-7-22-4-2-5-23-13-26(45)14-27(30(22)23)31-29(38)15-28-33(32(31)39)41-35(47-20-36-8-3-9-44(36)18-24(37)16-36)42-34(28)43-10-6-21-12-25(19-43)40-17-21/h2,4-5,13-15,21,24-25,40,45H,3,6-12,16-20H2,1H3/t21?,24-,25?,36?/m1/s1. The topological polar surface area (TPSA) is 83.0 Å². The van der Waals surface area contributed by atoms with Crippen LogP contribution < -0.4 is 15.0 Å². The molecule has 0 spiro atoms. The van der Waals surface area contributed by atoms with Crippen LogP contribution in [0.25, 0.3) is 32.8 Å². The minimum absolute atomic E-state index is 0.00333. The van der Waals surface area contributed by atoms with Gasteiger partial charge in [0, 0.05) is 44.6 Å². The number of benzene rings is 3. The highest BCUT2D eigenvalue weighted by atomic mass is 19.1. The lowest BCUT2D eigenvalue weighted by Gasteiger charge is -2.31. The number of aromatic nitrogens is 2. The molecule has 11 heteroatoms. The van der Waals surface area contributed by atoms with E-state index >= 15 is 8.78 Å². The first-order valence-electron chi connectivity index (χ1n) is 16.8. The van der Waals surface area contributed by atoms with Gasteiger partial charge in [0.1, 0.15) is 35.7 Å². The Morgan fingerprint density at radius 3 is 2.89 bits per heavy atom. The van der Waals surface area contributed by atoms with E-state index < -0.39 is 23.3 Å². The second-order valence-corrected chi connectivity index (χ2v) is 13.8. The van der Waals surface area contributed by atoms with E-state index in [4.69, 9.17) is 14.5 Å². The normalized spacial score (nSPS) is 26.0. The number of ether oxygens (including phenoxy) is 2. The second-order valence-electron chi connectivity index (χ2n) is 13.8. The lowest BCUT2D eigenvalue weighted by atomic mass is 9.92. The molecule has 4 aliphatic heterocycles. The van der Waals surface area contributed by atoms with E-state index in [1.54, 1.807) is 13.2 Å². The van der Waals surface area contributed by atoms with Gasteiger partial charge >= 0.3 is 6.01 Å². The molecule has 4 aliphatic rings. The Kier molecular flexibility index (Phi) is 7.89. The van der Waals surface area contributed by atoms with Crippen molar-refractivity contribution in [2.24, 2.45) is 5.92 Å². The molecule has 4 atom stereocenters. The van der Waals surface area contributed by atoms with Gasteiger partial charge in [-0.1, -0.05) is 18.2 Å². The molecular formula is C36H40F3N5O3. The van der Waals surface area contributed by atoms with Gasteiger partial charge in [0.15, 0.2) is 5.82 Å². The zero-order chi connectivity index (χ0) is 32.3. The van der Waals surface area contributed by atoms with Crippen LogP contribution >= 0.6 is 0 Å². The van der Waals surface area contributed by atoms with Crippen LogP contribution in [0.3, 0.4) is 0 Å². The van der Waals surface area contributed by atoms with Crippen molar-refractivity contribution in [1.29, 1.82) is 0 Å². The van der Waals surface area contributed by atoms with Crippen molar-refractivity contribution in [1.82, 2.24) is 20.2 Å². The van der Waals surface area contributed by atoms with Crippen LogP contribution in [0.1, 0.15) is 37.7 Å². The number of nitrogens with one attached hydrogen (secondary N) is 1. The van der Waals surface area contributed by atoms with E-state index in [-0.39, 0.29) is 46.4 Å². The fourth-order valence-corrected chi connectivity index (χ4v) is 8.62. The van der Waals surface area contributed by atoms with Crippen molar-refractivity contribution in [3.8, 4) is 22.9 Å². The number of phenolic OH excluding ortho intramolecular Hbond substituents is 1. The monoisotopic (exact) mass is 647 g/mol. The van der Waals surface area contributed by atoms with Crippen molar-refractivity contribution in [2.45, 2.75) is 56.3 Å². The summed E-state index contributed by atoms with van der Waals surface area (Å²) in [5.74, 6) is -0.735. The number of methoxy groups -OCH3 is 1. The van der Waals surface area contributed by atoms with E-state index in [9.17, 15) is 9.50 Å². The molecule has 0 amide bonds. The molecule has 4 fully saturated rings. The number of rotatable bonds is 8. The number of aromatic hydroxyl groups is 1. The van der Waals surface area contributed by atoms with Gasteiger partial charge in [0.25, 0.3) is 0 Å². The first-order valence-corrected chi connectivity index (χ1v) is 16.8. The number of hydrogen-bond acceptors (Lipinski definition) is 8. The Hall–Kier alpha value is -3.67. The number of halogens is 3. The molecule has 4 saturated heterocycles. The van der Waals surface area contributed by atoms with E-state index in [1.165, 1.54) is 12.1 Å². The van der Waals surface area contributed by atoms with Crippen molar-refractivity contribution in [2.75, 3.05) is 57.9 Å². The van der Waals surface area contributed by atoms with Crippen LogP contribution in [0.15, 0.2) is 36.4 Å². The molecule has 4 aromatic rings. The second kappa shape index (κ2) is 12.1. The molecule has 3 unspecified atom stereocenters.